The molecular formula is C20H16N6O2. The summed E-state index contributed by atoms with van der Waals surface area (Å²) in [7, 11) is 1.66. The number of benzene rings is 2. The molecule has 0 N–H and O–H groups in total. The van der Waals surface area contributed by atoms with E-state index in [4.69, 9.17) is 0 Å². The van der Waals surface area contributed by atoms with Crippen LogP contribution in [-0.2, 0) is 13.6 Å². The molecule has 0 saturated heterocycles. The lowest BCUT2D eigenvalue weighted by Crippen LogP contribution is -2.24. The van der Waals surface area contributed by atoms with E-state index < -0.39 is 0 Å². The topological polar surface area (TPSA) is 87.1 Å². The van der Waals surface area contributed by atoms with Gasteiger partial charge in [-0.3, -0.25) is 23.1 Å². The largest absolute Gasteiger partial charge is 0.291 e. The van der Waals surface area contributed by atoms with E-state index in [0.717, 1.165) is 5.56 Å². The minimum atomic E-state index is -0.139. The maximum atomic E-state index is 12.9. The number of rotatable bonds is 2. The molecule has 5 rings (SSSR count). The molecule has 8 heteroatoms. The number of hydrogen-bond acceptors (Lipinski definition) is 5. The molecule has 8 nitrogen and oxygen atoms in total. The van der Waals surface area contributed by atoms with Crippen molar-refractivity contribution in [3.8, 4) is 0 Å². The third kappa shape index (κ3) is 2.21. The van der Waals surface area contributed by atoms with Crippen molar-refractivity contribution in [1.82, 2.24) is 28.7 Å². The third-order valence-corrected chi connectivity index (χ3v) is 5.06. The Morgan fingerprint density at radius 1 is 0.929 bits per heavy atom. The average Bonchev–Trinajstić information content (AvgIpc) is 3.13. The van der Waals surface area contributed by atoms with E-state index in [1.807, 2.05) is 41.7 Å². The number of hydrogen-bond donors (Lipinski definition) is 0. The minimum Gasteiger partial charge on any atom is -0.291 e. The molecule has 3 heterocycles. The quantitative estimate of drug-likeness (QED) is 0.470. The summed E-state index contributed by atoms with van der Waals surface area (Å²) < 4.78 is 4.78. The first-order valence-electron chi connectivity index (χ1n) is 8.83. The summed E-state index contributed by atoms with van der Waals surface area (Å²) in [5, 5.41) is 9.55. The standard InChI is InChI=1S/C20H16N6O2/c1-12-6-5-8-14-17(12)21-11-25(19(14)28)10-16-22-23-20-24(2)18(27)13-7-3-4-9-15(13)26(16)20/h3-9,11H,10H2,1-2H3. The normalized spacial score (nSPS) is 11.6. The maximum absolute atomic E-state index is 12.9. The number of nitrogens with zero attached hydrogens (tertiary/aromatic N) is 6. The van der Waals surface area contributed by atoms with Gasteiger partial charge < -0.3 is 0 Å². The summed E-state index contributed by atoms with van der Waals surface area (Å²) in [5.41, 5.74) is 2.08. The Kier molecular flexibility index (Phi) is 3.42. The maximum Gasteiger partial charge on any atom is 0.262 e. The fourth-order valence-electron chi connectivity index (χ4n) is 3.60. The fraction of sp³-hybridized carbons (Fsp3) is 0.150. The molecule has 138 valence electrons. The molecule has 0 fully saturated rings. The van der Waals surface area contributed by atoms with Crippen molar-refractivity contribution in [1.29, 1.82) is 0 Å². The predicted octanol–water partition coefficient (Wildman–Crippen LogP) is 1.65. The van der Waals surface area contributed by atoms with Crippen LogP contribution in [0, 0.1) is 6.92 Å². The van der Waals surface area contributed by atoms with E-state index in [1.54, 1.807) is 19.2 Å². The summed E-state index contributed by atoms with van der Waals surface area (Å²) in [6, 6.07) is 12.8. The van der Waals surface area contributed by atoms with Gasteiger partial charge in [0, 0.05) is 7.05 Å². The molecule has 2 aromatic carbocycles. The SMILES string of the molecule is Cc1cccc2c(=O)n(Cc3nnc4n(C)c(=O)c5ccccc5n34)cnc12. The molecule has 0 spiro atoms. The highest BCUT2D eigenvalue weighted by molar-refractivity contribution is 5.81. The Morgan fingerprint density at radius 2 is 1.71 bits per heavy atom. The zero-order chi connectivity index (χ0) is 19.4. The van der Waals surface area contributed by atoms with E-state index in [-0.39, 0.29) is 17.7 Å². The molecule has 0 aliphatic heterocycles. The molecule has 0 amide bonds. The van der Waals surface area contributed by atoms with Crippen LogP contribution in [0.5, 0.6) is 0 Å². The molecule has 3 aromatic heterocycles. The molecule has 0 radical (unpaired) electrons. The molecule has 28 heavy (non-hydrogen) atoms. The van der Waals surface area contributed by atoms with E-state index in [0.29, 0.717) is 33.4 Å². The fourth-order valence-corrected chi connectivity index (χ4v) is 3.60. The van der Waals surface area contributed by atoms with Gasteiger partial charge in [-0.2, -0.15) is 0 Å². The molecule has 0 saturated carbocycles. The van der Waals surface area contributed by atoms with Crippen LogP contribution in [-0.4, -0.2) is 28.7 Å². The van der Waals surface area contributed by atoms with Crippen molar-refractivity contribution in [2.75, 3.05) is 0 Å². The number of para-hydroxylation sites is 2. The molecular weight excluding hydrogens is 356 g/mol. The van der Waals surface area contributed by atoms with Crippen LogP contribution < -0.4 is 11.1 Å². The van der Waals surface area contributed by atoms with Gasteiger partial charge in [-0.15, -0.1) is 10.2 Å². The molecule has 5 aromatic rings. The Bertz CT molecular complexity index is 1510. The van der Waals surface area contributed by atoms with Gasteiger partial charge in [-0.1, -0.05) is 24.3 Å². The van der Waals surface area contributed by atoms with E-state index in [9.17, 15) is 9.59 Å². The average molecular weight is 372 g/mol. The van der Waals surface area contributed by atoms with Gasteiger partial charge in [0.15, 0.2) is 5.82 Å². The van der Waals surface area contributed by atoms with Crippen molar-refractivity contribution in [3.05, 3.63) is 80.9 Å². The number of aromatic nitrogens is 6. The second-order valence-electron chi connectivity index (χ2n) is 6.78. The predicted molar refractivity (Wildman–Crippen MR) is 106 cm³/mol. The zero-order valence-electron chi connectivity index (χ0n) is 15.3. The van der Waals surface area contributed by atoms with Crippen LogP contribution in [0.2, 0.25) is 0 Å². The highest BCUT2D eigenvalue weighted by Gasteiger charge is 2.16. The molecule has 0 aliphatic rings. The van der Waals surface area contributed by atoms with Crippen LogP contribution in [0.15, 0.2) is 58.4 Å². The highest BCUT2D eigenvalue weighted by atomic mass is 16.1. The van der Waals surface area contributed by atoms with E-state index in [2.05, 4.69) is 15.2 Å². The monoisotopic (exact) mass is 372 g/mol. The van der Waals surface area contributed by atoms with Gasteiger partial charge >= 0.3 is 0 Å². The second kappa shape index (κ2) is 5.85. The first kappa shape index (κ1) is 16.4. The summed E-state index contributed by atoms with van der Waals surface area (Å²) in [5.74, 6) is 0.981. The van der Waals surface area contributed by atoms with E-state index >= 15 is 0 Å². The lowest BCUT2D eigenvalue weighted by atomic mass is 10.1. The lowest BCUT2D eigenvalue weighted by molar-refractivity contribution is 0.700. The number of fused-ring (bicyclic) bond motifs is 4. The van der Waals surface area contributed by atoms with Crippen molar-refractivity contribution in [3.63, 3.8) is 0 Å². The van der Waals surface area contributed by atoms with Gasteiger partial charge in [0.1, 0.15) is 0 Å². The first-order chi connectivity index (χ1) is 13.6. The van der Waals surface area contributed by atoms with Crippen molar-refractivity contribution >= 4 is 27.6 Å². The second-order valence-corrected chi connectivity index (χ2v) is 6.78. The zero-order valence-corrected chi connectivity index (χ0v) is 15.3. The van der Waals surface area contributed by atoms with Crippen molar-refractivity contribution in [2.45, 2.75) is 13.5 Å². The summed E-state index contributed by atoms with van der Waals surface area (Å²) in [6.45, 7) is 2.12. The smallest absolute Gasteiger partial charge is 0.262 e. The van der Waals surface area contributed by atoms with Gasteiger partial charge in [-0.25, -0.2) is 4.98 Å². The lowest BCUT2D eigenvalue weighted by Gasteiger charge is -2.09. The number of aryl methyl sites for hydroxylation is 2. The molecule has 0 aliphatic carbocycles. The highest BCUT2D eigenvalue weighted by Crippen LogP contribution is 2.15. The molecule has 0 bridgehead atoms. The van der Waals surface area contributed by atoms with Crippen molar-refractivity contribution in [2.24, 2.45) is 7.05 Å². The van der Waals surface area contributed by atoms with Crippen LogP contribution in [0.1, 0.15) is 11.4 Å². The Hall–Kier alpha value is -3.81. The first-order valence-corrected chi connectivity index (χ1v) is 8.83. The van der Waals surface area contributed by atoms with Crippen LogP contribution in [0.3, 0.4) is 0 Å². The van der Waals surface area contributed by atoms with Gasteiger partial charge in [-0.05, 0) is 30.7 Å². The Labute approximate surface area is 158 Å². The van der Waals surface area contributed by atoms with Crippen LogP contribution in [0.4, 0.5) is 0 Å². The van der Waals surface area contributed by atoms with Crippen LogP contribution in [0.25, 0.3) is 27.6 Å². The van der Waals surface area contributed by atoms with Gasteiger partial charge in [0.25, 0.3) is 11.1 Å². The minimum absolute atomic E-state index is 0.137. The summed E-state index contributed by atoms with van der Waals surface area (Å²) >= 11 is 0. The summed E-state index contributed by atoms with van der Waals surface area (Å²) in [6.07, 6.45) is 1.53. The van der Waals surface area contributed by atoms with Crippen LogP contribution >= 0.6 is 0 Å². The third-order valence-electron chi connectivity index (χ3n) is 5.06. The Balaban J connectivity index is 1.76. The van der Waals surface area contributed by atoms with Gasteiger partial charge in [0.05, 0.1) is 34.7 Å². The van der Waals surface area contributed by atoms with Crippen molar-refractivity contribution < 1.29 is 0 Å². The summed E-state index contributed by atoms with van der Waals surface area (Å²) in [4.78, 5) is 29.9. The Morgan fingerprint density at radius 3 is 2.57 bits per heavy atom. The van der Waals surface area contributed by atoms with E-state index in [1.165, 1.54) is 15.5 Å². The van der Waals surface area contributed by atoms with Gasteiger partial charge in [0.2, 0.25) is 5.78 Å². The molecule has 0 unspecified atom stereocenters. The molecule has 0 atom stereocenters.